The van der Waals surface area contributed by atoms with Crippen LogP contribution >= 0.6 is 0 Å². The minimum absolute atomic E-state index is 0.139. The van der Waals surface area contributed by atoms with Crippen molar-refractivity contribution < 1.29 is 14.6 Å². The number of benzene rings is 2. The Hall–Kier alpha value is -2.13. The van der Waals surface area contributed by atoms with Crippen LogP contribution in [0.5, 0.6) is 0 Å². The zero-order valence-corrected chi connectivity index (χ0v) is 11.7. The summed E-state index contributed by atoms with van der Waals surface area (Å²) in [7, 11) is 0. The Morgan fingerprint density at radius 3 is 1.90 bits per heavy atom. The Bertz CT molecular complexity index is 555. The fourth-order valence-electron chi connectivity index (χ4n) is 2.87. The molecule has 1 aliphatic rings. The zero-order chi connectivity index (χ0) is 14.7. The molecule has 1 heterocycles. The van der Waals surface area contributed by atoms with Gasteiger partial charge in [0.25, 0.3) is 0 Å². The van der Waals surface area contributed by atoms with E-state index in [9.17, 15) is 9.90 Å². The lowest BCUT2D eigenvalue weighted by Gasteiger charge is -2.36. The predicted molar refractivity (Wildman–Crippen MR) is 79.8 cm³/mol. The monoisotopic (exact) mass is 282 g/mol. The van der Waals surface area contributed by atoms with Gasteiger partial charge in [-0.25, -0.2) is 0 Å². The van der Waals surface area contributed by atoms with Gasteiger partial charge >= 0.3 is 5.97 Å². The molecule has 1 saturated heterocycles. The van der Waals surface area contributed by atoms with Crippen molar-refractivity contribution in [3.8, 4) is 0 Å². The number of carbonyl (C=O) groups excluding carboxylic acids is 1. The van der Waals surface area contributed by atoms with Gasteiger partial charge in [-0.3, -0.25) is 4.79 Å². The van der Waals surface area contributed by atoms with E-state index in [0.29, 0.717) is 6.42 Å². The van der Waals surface area contributed by atoms with Crippen LogP contribution in [0.2, 0.25) is 0 Å². The van der Waals surface area contributed by atoms with Crippen LogP contribution in [0.1, 0.15) is 23.5 Å². The summed E-state index contributed by atoms with van der Waals surface area (Å²) in [5, 5.41) is 9.28. The van der Waals surface area contributed by atoms with Gasteiger partial charge < -0.3 is 9.84 Å². The first kappa shape index (κ1) is 13.8. The van der Waals surface area contributed by atoms with E-state index in [1.807, 2.05) is 36.4 Å². The van der Waals surface area contributed by atoms with E-state index in [4.69, 9.17) is 4.74 Å². The minimum atomic E-state index is -0.375. The van der Waals surface area contributed by atoms with E-state index < -0.39 is 0 Å². The molecule has 2 aromatic rings. The van der Waals surface area contributed by atoms with Gasteiger partial charge in [-0.1, -0.05) is 60.7 Å². The molecule has 2 atom stereocenters. The summed E-state index contributed by atoms with van der Waals surface area (Å²) < 4.78 is 5.22. The molecule has 0 radical (unpaired) electrons. The SMILES string of the molecule is O=C1O[C@@H](CC(c2ccccc2)c2ccccc2)[C@@H]1CO. The van der Waals surface area contributed by atoms with Crippen LogP contribution in [0.4, 0.5) is 0 Å². The fourth-order valence-corrected chi connectivity index (χ4v) is 2.87. The fraction of sp³-hybridized carbons (Fsp3) is 0.278. The molecule has 21 heavy (non-hydrogen) atoms. The molecular weight excluding hydrogens is 264 g/mol. The Kier molecular flexibility index (Phi) is 4.02. The quantitative estimate of drug-likeness (QED) is 0.858. The number of ether oxygens (including phenoxy) is 1. The van der Waals surface area contributed by atoms with Gasteiger partial charge in [0, 0.05) is 5.92 Å². The summed E-state index contributed by atoms with van der Waals surface area (Å²) in [5.41, 5.74) is 2.40. The molecule has 1 aliphatic heterocycles. The van der Waals surface area contributed by atoms with E-state index in [2.05, 4.69) is 24.3 Å². The zero-order valence-electron chi connectivity index (χ0n) is 11.7. The molecule has 0 unspecified atom stereocenters. The van der Waals surface area contributed by atoms with Crippen LogP contribution in [-0.2, 0) is 9.53 Å². The topological polar surface area (TPSA) is 46.5 Å². The third kappa shape index (κ3) is 2.83. The molecule has 0 aliphatic carbocycles. The predicted octanol–water partition coefficient (Wildman–Crippen LogP) is 2.74. The average Bonchev–Trinajstić information content (AvgIpc) is 2.53. The second-order valence-corrected chi connectivity index (χ2v) is 5.37. The molecular formula is C18H18O3. The minimum Gasteiger partial charge on any atom is -0.461 e. The van der Waals surface area contributed by atoms with E-state index in [1.54, 1.807) is 0 Å². The highest BCUT2D eigenvalue weighted by molar-refractivity contribution is 5.78. The van der Waals surface area contributed by atoms with Crippen LogP contribution in [0.15, 0.2) is 60.7 Å². The number of hydrogen-bond acceptors (Lipinski definition) is 3. The standard InChI is InChI=1S/C18H18O3/c19-12-16-17(21-18(16)20)11-15(13-7-3-1-4-8-13)14-9-5-2-6-10-14/h1-10,15-17,19H,11-12H2/t16-,17-/m0/s1. The number of esters is 1. The molecule has 0 amide bonds. The average molecular weight is 282 g/mol. The lowest BCUT2D eigenvalue weighted by atomic mass is 9.82. The van der Waals surface area contributed by atoms with Gasteiger partial charge in [0.1, 0.15) is 12.0 Å². The highest BCUT2D eigenvalue weighted by Crippen LogP contribution is 2.35. The van der Waals surface area contributed by atoms with Gasteiger partial charge in [0.15, 0.2) is 0 Å². The van der Waals surface area contributed by atoms with Gasteiger partial charge in [-0.05, 0) is 17.5 Å². The van der Waals surface area contributed by atoms with Gasteiger partial charge in [-0.2, -0.15) is 0 Å². The van der Waals surface area contributed by atoms with E-state index in [1.165, 1.54) is 11.1 Å². The van der Waals surface area contributed by atoms with Crippen molar-refractivity contribution in [3.63, 3.8) is 0 Å². The normalized spacial score (nSPS) is 21.0. The highest BCUT2D eigenvalue weighted by Gasteiger charge is 2.43. The summed E-state index contributed by atoms with van der Waals surface area (Å²) in [6.45, 7) is -0.139. The molecule has 108 valence electrons. The Balaban J connectivity index is 1.85. The van der Waals surface area contributed by atoms with Crippen molar-refractivity contribution in [3.05, 3.63) is 71.8 Å². The van der Waals surface area contributed by atoms with Crippen molar-refractivity contribution in [1.29, 1.82) is 0 Å². The van der Waals surface area contributed by atoms with Crippen molar-refractivity contribution in [2.45, 2.75) is 18.4 Å². The Morgan fingerprint density at radius 1 is 0.952 bits per heavy atom. The third-order valence-electron chi connectivity index (χ3n) is 4.09. The molecule has 0 spiro atoms. The number of cyclic esters (lactones) is 1. The van der Waals surface area contributed by atoms with Crippen LogP contribution < -0.4 is 0 Å². The third-order valence-corrected chi connectivity index (χ3v) is 4.09. The van der Waals surface area contributed by atoms with Crippen molar-refractivity contribution in [2.24, 2.45) is 5.92 Å². The maximum absolute atomic E-state index is 11.3. The Labute approximate surface area is 124 Å². The maximum Gasteiger partial charge on any atom is 0.315 e. The molecule has 3 heteroatoms. The highest BCUT2D eigenvalue weighted by atomic mass is 16.6. The summed E-state index contributed by atoms with van der Waals surface area (Å²) in [6.07, 6.45) is 0.498. The van der Waals surface area contributed by atoms with Crippen molar-refractivity contribution in [1.82, 2.24) is 0 Å². The first-order chi connectivity index (χ1) is 10.3. The van der Waals surface area contributed by atoms with Crippen LogP contribution in [-0.4, -0.2) is 23.8 Å². The summed E-state index contributed by atoms with van der Waals surface area (Å²) in [6, 6.07) is 20.4. The molecule has 3 rings (SSSR count). The summed E-state index contributed by atoms with van der Waals surface area (Å²) in [5.74, 6) is -0.498. The lowest BCUT2D eigenvalue weighted by molar-refractivity contribution is -0.189. The van der Waals surface area contributed by atoms with E-state index >= 15 is 0 Å². The number of carbonyl (C=O) groups is 1. The number of aliphatic hydroxyl groups excluding tert-OH is 1. The second-order valence-electron chi connectivity index (χ2n) is 5.37. The van der Waals surface area contributed by atoms with Crippen LogP contribution in [0.25, 0.3) is 0 Å². The molecule has 0 saturated carbocycles. The van der Waals surface area contributed by atoms with Gasteiger partial charge in [-0.15, -0.1) is 0 Å². The first-order valence-corrected chi connectivity index (χ1v) is 7.21. The van der Waals surface area contributed by atoms with Crippen molar-refractivity contribution >= 4 is 5.97 Å². The molecule has 0 aromatic heterocycles. The van der Waals surface area contributed by atoms with Gasteiger partial charge in [0.05, 0.1) is 6.61 Å². The summed E-state index contributed by atoms with van der Waals surface area (Å²) >= 11 is 0. The summed E-state index contributed by atoms with van der Waals surface area (Å²) in [4.78, 5) is 11.3. The Morgan fingerprint density at radius 2 is 1.48 bits per heavy atom. The number of rotatable bonds is 5. The maximum atomic E-state index is 11.3. The van der Waals surface area contributed by atoms with Gasteiger partial charge in [0.2, 0.25) is 0 Å². The molecule has 2 aromatic carbocycles. The molecule has 0 bridgehead atoms. The lowest BCUT2D eigenvalue weighted by Crippen LogP contribution is -2.47. The van der Waals surface area contributed by atoms with E-state index in [-0.39, 0.29) is 30.5 Å². The number of aliphatic hydroxyl groups is 1. The second kappa shape index (κ2) is 6.10. The van der Waals surface area contributed by atoms with Crippen LogP contribution in [0.3, 0.4) is 0 Å². The first-order valence-electron chi connectivity index (χ1n) is 7.21. The molecule has 1 fully saturated rings. The van der Waals surface area contributed by atoms with Crippen molar-refractivity contribution in [2.75, 3.05) is 6.61 Å². The number of hydrogen-bond donors (Lipinski definition) is 1. The van der Waals surface area contributed by atoms with Crippen LogP contribution in [0, 0.1) is 5.92 Å². The molecule has 3 nitrogen and oxygen atoms in total. The van der Waals surface area contributed by atoms with E-state index in [0.717, 1.165) is 0 Å². The smallest absolute Gasteiger partial charge is 0.315 e. The molecule has 1 N–H and O–H groups in total. The largest absolute Gasteiger partial charge is 0.461 e.